The molecule has 116 valence electrons. The lowest BCUT2D eigenvalue weighted by Gasteiger charge is -2.08. The van der Waals surface area contributed by atoms with E-state index in [1.807, 2.05) is 0 Å². The normalized spacial score (nSPS) is 17.5. The van der Waals surface area contributed by atoms with Gasteiger partial charge in [-0.1, -0.05) is 6.07 Å². The molecule has 0 fully saturated rings. The number of hydrogen-bond acceptors (Lipinski definition) is 6. The predicted molar refractivity (Wildman–Crippen MR) is 90.0 cm³/mol. The van der Waals surface area contributed by atoms with Crippen LogP contribution in [0.4, 0.5) is 11.6 Å². The van der Waals surface area contributed by atoms with E-state index >= 15 is 0 Å². The zero-order chi connectivity index (χ0) is 15.6. The first-order valence-electron chi connectivity index (χ1n) is 6.57. The molecule has 9 heteroatoms. The van der Waals surface area contributed by atoms with Crippen LogP contribution >= 0.6 is 27.7 Å². The number of fused-ring (bicyclic) bond motifs is 4. The number of halogens is 1. The van der Waals surface area contributed by atoms with Crippen molar-refractivity contribution in [2.45, 2.75) is 16.3 Å². The summed E-state index contributed by atoms with van der Waals surface area (Å²) in [5.41, 5.74) is 0.625. The van der Waals surface area contributed by atoms with Crippen LogP contribution in [0.3, 0.4) is 0 Å². The number of benzene rings is 1. The second-order valence-electron chi connectivity index (χ2n) is 4.60. The fourth-order valence-corrected chi connectivity index (χ4v) is 4.39. The summed E-state index contributed by atoms with van der Waals surface area (Å²) in [4.78, 5) is 8.88. The summed E-state index contributed by atoms with van der Waals surface area (Å²) in [6, 6.07) is 6.59. The SMILES string of the molecule is O=S1(=O)NCCCSc2nc(ncc2Br)Nc2cccc1c2. The van der Waals surface area contributed by atoms with Crippen molar-refractivity contribution in [3.8, 4) is 0 Å². The molecule has 2 N–H and O–H groups in total. The van der Waals surface area contributed by atoms with Crippen LogP contribution in [-0.4, -0.2) is 30.7 Å². The fraction of sp³-hybridized carbons (Fsp3) is 0.231. The number of hydrogen-bond donors (Lipinski definition) is 2. The highest BCUT2D eigenvalue weighted by Gasteiger charge is 2.15. The predicted octanol–water partition coefficient (Wildman–Crippen LogP) is 2.76. The maximum absolute atomic E-state index is 12.2. The Morgan fingerprint density at radius 2 is 2.18 bits per heavy atom. The van der Waals surface area contributed by atoms with Gasteiger partial charge >= 0.3 is 0 Å². The summed E-state index contributed by atoms with van der Waals surface area (Å²) >= 11 is 4.99. The molecular weight excluding hydrogens is 388 g/mol. The smallest absolute Gasteiger partial charge is 0.240 e. The number of nitrogens with zero attached hydrogens (tertiary/aromatic N) is 2. The Balaban J connectivity index is 2.02. The Kier molecular flexibility index (Phi) is 4.67. The topological polar surface area (TPSA) is 84.0 Å². The lowest BCUT2D eigenvalue weighted by molar-refractivity contribution is 0.581. The van der Waals surface area contributed by atoms with Gasteiger partial charge in [0.05, 0.1) is 9.37 Å². The van der Waals surface area contributed by atoms with Crippen molar-refractivity contribution >= 4 is 49.4 Å². The van der Waals surface area contributed by atoms with Crippen LogP contribution in [0.25, 0.3) is 0 Å². The number of nitrogens with one attached hydrogen (secondary N) is 2. The van der Waals surface area contributed by atoms with Crippen LogP contribution in [0.1, 0.15) is 6.42 Å². The zero-order valence-electron chi connectivity index (χ0n) is 11.4. The summed E-state index contributed by atoms with van der Waals surface area (Å²) in [6.07, 6.45) is 2.40. The summed E-state index contributed by atoms with van der Waals surface area (Å²) < 4.78 is 27.9. The maximum atomic E-state index is 12.2. The van der Waals surface area contributed by atoms with Crippen LogP contribution in [0, 0.1) is 0 Å². The van der Waals surface area contributed by atoms with Gasteiger partial charge in [0, 0.05) is 24.2 Å². The monoisotopic (exact) mass is 400 g/mol. The Bertz CT molecular complexity index is 798. The Morgan fingerprint density at radius 1 is 1.32 bits per heavy atom. The van der Waals surface area contributed by atoms with Crippen LogP contribution in [0.2, 0.25) is 0 Å². The number of thioether (sulfide) groups is 1. The molecule has 0 radical (unpaired) electrons. The third-order valence-corrected chi connectivity index (χ3v) is 6.34. The number of aromatic nitrogens is 2. The molecule has 3 rings (SSSR count). The van der Waals surface area contributed by atoms with Crippen LogP contribution < -0.4 is 10.0 Å². The summed E-state index contributed by atoms with van der Waals surface area (Å²) in [7, 11) is -3.49. The minimum Gasteiger partial charge on any atom is -0.324 e. The first-order chi connectivity index (χ1) is 10.5. The van der Waals surface area contributed by atoms with Gasteiger partial charge in [0.1, 0.15) is 5.03 Å². The molecule has 2 heterocycles. The van der Waals surface area contributed by atoms with Crippen molar-refractivity contribution in [1.29, 1.82) is 0 Å². The molecule has 1 aromatic heterocycles. The van der Waals surface area contributed by atoms with Crippen LogP contribution in [-0.2, 0) is 10.0 Å². The van der Waals surface area contributed by atoms with E-state index in [0.717, 1.165) is 15.3 Å². The maximum Gasteiger partial charge on any atom is 0.240 e. The molecule has 4 bridgehead atoms. The van der Waals surface area contributed by atoms with Gasteiger partial charge in [-0.05, 0) is 40.5 Å². The van der Waals surface area contributed by atoms with E-state index in [2.05, 4.69) is 35.9 Å². The molecule has 1 aliphatic heterocycles. The van der Waals surface area contributed by atoms with Crippen molar-refractivity contribution in [2.75, 3.05) is 17.6 Å². The number of anilines is 2. The lowest BCUT2D eigenvalue weighted by Crippen LogP contribution is -2.25. The highest BCUT2D eigenvalue weighted by atomic mass is 79.9. The van der Waals surface area contributed by atoms with E-state index in [9.17, 15) is 8.42 Å². The van der Waals surface area contributed by atoms with Gasteiger partial charge < -0.3 is 5.32 Å². The highest BCUT2D eigenvalue weighted by Crippen LogP contribution is 2.27. The summed E-state index contributed by atoms with van der Waals surface area (Å²) in [5.74, 6) is 1.20. The number of rotatable bonds is 0. The summed E-state index contributed by atoms with van der Waals surface area (Å²) in [6.45, 7) is 0.391. The van der Waals surface area contributed by atoms with E-state index in [0.29, 0.717) is 24.6 Å². The second-order valence-corrected chi connectivity index (χ2v) is 8.30. The standard InChI is InChI=1S/C13H13BrN4O2S2/c14-11-8-15-13-17-9-3-1-4-10(7-9)22(19,20)16-5-2-6-21-12(11)18-13/h1,3-4,7-8,16H,2,5-6H2,(H,15,17,18). The van der Waals surface area contributed by atoms with E-state index in [1.165, 1.54) is 0 Å². The van der Waals surface area contributed by atoms with Crippen molar-refractivity contribution in [2.24, 2.45) is 0 Å². The molecule has 1 aromatic carbocycles. The molecule has 1 aliphatic rings. The average molecular weight is 401 g/mol. The van der Waals surface area contributed by atoms with Crippen molar-refractivity contribution in [3.63, 3.8) is 0 Å². The molecule has 0 saturated heterocycles. The summed E-state index contributed by atoms with van der Waals surface area (Å²) in [5, 5.41) is 3.87. The number of sulfonamides is 1. The molecule has 0 aliphatic carbocycles. The molecule has 0 spiro atoms. The quantitative estimate of drug-likeness (QED) is 0.661. The van der Waals surface area contributed by atoms with Gasteiger partial charge in [0.15, 0.2) is 0 Å². The van der Waals surface area contributed by atoms with Crippen molar-refractivity contribution in [1.82, 2.24) is 14.7 Å². The first-order valence-corrected chi connectivity index (χ1v) is 9.83. The average Bonchev–Trinajstić information content (AvgIpc) is 2.50. The molecule has 0 atom stereocenters. The van der Waals surface area contributed by atoms with E-state index < -0.39 is 10.0 Å². The van der Waals surface area contributed by atoms with Crippen molar-refractivity contribution < 1.29 is 8.42 Å². The first kappa shape index (κ1) is 15.7. The molecule has 0 unspecified atom stereocenters. The zero-order valence-corrected chi connectivity index (χ0v) is 14.6. The fourth-order valence-electron chi connectivity index (χ4n) is 1.91. The van der Waals surface area contributed by atoms with Gasteiger partial charge in [0.2, 0.25) is 16.0 Å². The molecular formula is C13H13BrN4O2S2. The Labute approximate surface area is 141 Å². The van der Waals surface area contributed by atoms with Gasteiger partial charge in [-0.2, -0.15) is 0 Å². The minimum absolute atomic E-state index is 0.224. The molecule has 22 heavy (non-hydrogen) atoms. The highest BCUT2D eigenvalue weighted by molar-refractivity contribution is 9.10. The molecule has 2 aromatic rings. The van der Waals surface area contributed by atoms with E-state index in [4.69, 9.17) is 0 Å². The lowest BCUT2D eigenvalue weighted by atomic mass is 10.3. The van der Waals surface area contributed by atoms with Crippen LogP contribution in [0.15, 0.2) is 44.9 Å². The Morgan fingerprint density at radius 3 is 3.05 bits per heavy atom. The minimum atomic E-state index is -3.49. The molecule has 6 nitrogen and oxygen atoms in total. The van der Waals surface area contributed by atoms with E-state index in [1.54, 1.807) is 42.2 Å². The molecule has 0 saturated carbocycles. The van der Waals surface area contributed by atoms with Gasteiger partial charge in [-0.15, -0.1) is 11.8 Å². The van der Waals surface area contributed by atoms with Gasteiger partial charge in [-0.3, -0.25) is 0 Å². The third-order valence-electron chi connectivity index (χ3n) is 2.96. The van der Waals surface area contributed by atoms with Crippen molar-refractivity contribution in [3.05, 3.63) is 34.9 Å². The third kappa shape index (κ3) is 3.60. The van der Waals surface area contributed by atoms with E-state index in [-0.39, 0.29) is 4.90 Å². The molecule has 0 amide bonds. The van der Waals surface area contributed by atoms with Crippen LogP contribution in [0.5, 0.6) is 0 Å². The second kappa shape index (κ2) is 6.53. The Hall–Kier alpha value is -1.16. The van der Waals surface area contributed by atoms with Gasteiger partial charge in [-0.25, -0.2) is 23.1 Å². The largest absolute Gasteiger partial charge is 0.324 e. The van der Waals surface area contributed by atoms with Gasteiger partial charge in [0.25, 0.3) is 0 Å².